The van der Waals surface area contributed by atoms with Crippen LogP contribution < -0.4 is 9.47 Å². The number of hydrogen-bond donors (Lipinski definition) is 0. The first-order valence-corrected chi connectivity index (χ1v) is 9.35. The van der Waals surface area contributed by atoms with Crippen LogP contribution in [0.5, 0.6) is 11.5 Å². The monoisotopic (exact) mass is 356 g/mol. The molecule has 0 fully saturated rings. The molecule has 4 rings (SSSR count). The maximum atomic E-state index is 5.90. The van der Waals surface area contributed by atoms with Crippen molar-refractivity contribution in [1.82, 2.24) is 19.7 Å². The summed E-state index contributed by atoms with van der Waals surface area (Å²) in [6.45, 7) is 4.74. The van der Waals surface area contributed by atoms with Crippen molar-refractivity contribution in [3.05, 3.63) is 35.8 Å². The first kappa shape index (κ1) is 16.2. The van der Waals surface area contributed by atoms with E-state index in [4.69, 9.17) is 9.47 Å². The normalized spacial score (nSPS) is 16.0. The quantitative estimate of drug-likeness (QED) is 0.516. The molecule has 6 nitrogen and oxygen atoms in total. The Morgan fingerprint density at radius 3 is 3.08 bits per heavy atom. The van der Waals surface area contributed by atoms with Crippen molar-refractivity contribution >= 4 is 22.8 Å². The fraction of sp³-hybridized carbons (Fsp3) is 0.389. The van der Waals surface area contributed by atoms with Crippen molar-refractivity contribution in [2.75, 3.05) is 6.61 Å². The van der Waals surface area contributed by atoms with E-state index in [9.17, 15) is 0 Å². The van der Waals surface area contributed by atoms with E-state index in [1.807, 2.05) is 20.2 Å². The highest BCUT2D eigenvalue weighted by molar-refractivity contribution is 7.98. The van der Waals surface area contributed by atoms with Crippen LogP contribution in [0.4, 0.5) is 0 Å². The molecule has 3 aromatic rings. The van der Waals surface area contributed by atoms with Crippen molar-refractivity contribution in [3.63, 3.8) is 0 Å². The number of thioether (sulfide) groups is 1. The van der Waals surface area contributed by atoms with Crippen LogP contribution in [0.25, 0.3) is 11.0 Å². The van der Waals surface area contributed by atoms with Gasteiger partial charge < -0.3 is 9.47 Å². The zero-order chi connectivity index (χ0) is 17.4. The Labute approximate surface area is 150 Å². The maximum Gasteiger partial charge on any atom is 0.162 e. The lowest BCUT2D eigenvalue weighted by atomic mass is 10.1. The molecule has 3 heterocycles. The van der Waals surface area contributed by atoms with Crippen molar-refractivity contribution in [1.29, 1.82) is 0 Å². The zero-order valence-electron chi connectivity index (χ0n) is 14.5. The number of ether oxygens (including phenoxy) is 2. The predicted molar refractivity (Wildman–Crippen MR) is 97.3 cm³/mol. The van der Waals surface area contributed by atoms with E-state index in [0.717, 1.165) is 45.3 Å². The number of aryl methyl sites for hydroxylation is 1. The second-order valence-corrected chi connectivity index (χ2v) is 7.07. The van der Waals surface area contributed by atoms with Gasteiger partial charge in [0.1, 0.15) is 29.0 Å². The second-order valence-electron chi connectivity index (χ2n) is 6.11. The molecule has 0 saturated heterocycles. The summed E-state index contributed by atoms with van der Waals surface area (Å²) >= 11 is 1.66. The second kappa shape index (κ2) is 6.55. The Morgan fingerprint density at radius 2 is 2.24 bits per heavy atom. The van der Waals surface area contributed by atoms with E-state index in [1.54, 1.807) is 22.8 Å². The van der Waals surface area contributed by atoms with E-state index >= 15 is 0 Å². The molecule has 7 heteroatoms. The number of rotatable bonds is 5. The molecular weight excluding hydrogens is 336 g/mol. The number of benzene rings is 1. The van der Waals surface area contributed by atoms with Gasteiger partial charge in [0.05, 0.1) is 18.2 Å². The molecule has 1 unspecified atom stereocenters. The number of fused-ring (bicyclic) bond motifs is 2. The third kappa shape index (κ3) is 3.04. The minimum atomic E-state index is 0.226. The van der Waals surface area contributed by atoms with Gasteiger partial charge in [0.2, 0.25) is 0 Å². The van der Waals surface area contributed by atoms with Gasteiger partial charge in [-0.05, 0) is 26.0 Å². The molecule has 0 aliphatic carbocycles. The lowest BCUT2D eigenvalue weighted by molar-refractivity contribution is 0.254. The zero-order valence-corrected chi connectivity index (χ0v) is 15.3. The summed E-state index contributed by atoms with van der Waals surface area (Å²) in [5.74, 6) is 2.66. The molecule has 1 aliphatic heterocycles. The molecule has 0 radical (unpaired) electrons. The lowest BCUT2D eigenvalue weighted by Crippen LogP contribution is -2.05. The summed E-state index contributed by atoms with van der Waals surface area (Å²) < 4.78 is 13.5. The van der Waals surface area contributed by atoms with Crippen LogP contribution in [0.1, 0.15) is 25.0 Å². The van der Waals surface area contributed by atoms with E-state index in [-0.39, 0.29) is 6.10 Å². The smallest absolute Gasteiger partial charge is 0.162 e. The van der Waals surface area contributed by atoms with Gasteiger partial charge in [-0.25, -0.2) is 9.97 Å². The maximum absolute atomic E-state index is 5.90. The first-order valence-electron chi connectivity index (χ1n) is 8.36. The van der Waals surface area contributed by atoms with Crippen molar-refractivity contribution in [2.45, 2.75) is 37.2 Å². The number of aromatic nitrogens is 4. The van der Waals surface area contributed by atoms with Crippen LogP contribution in [0.15, 0.2) is 29.7 Å². The highest BCUT2D eigenvalue weighted by atomic mass is 32.2. The molecule has 0 bridgehead atoms. The predicted octanol–water partition coefficient (Wildman–Crippen LogP) is 3.38. The van der Waals surface area contributed by atoms with Crippen molar-refractivity contribution in [2.24, 2.45) is 7.05 Å². The van der Waals surface area contributed by atoms with Gasteiger partial charge in [0.25, 0.3) is 0 Å². The Balaban J connectivity index is 1.63. The average molecular weight is 356 g/mol. The third-order valence-corrected chi connectivity index (χ3v) is 5.29. The molecule has 1 aliphatic rings. The van der Waals surface area contributed by atoms with Gasteiger partial charge in [-0.2, -0.15) is 5.10 Å². The summed E-state index contributed by atoms with van der Waals surface area (Å²) in [4.78, 5) is 8.71. The van der Waals surface area contributed by atoms with Crippen LogP contribution in [-0.2, 0) is 19.2 Å². The Bertz CT molecular complexity index is 925. The van der Waals surface area contributed by atoms with Crippen LogP contribution in [0.2, 0.25) is 0 Å². The van der Waals surface area contributed by atoms with Gasteiger partial charge in [0.15, 0.2) is 5.65 Å². The van der Waals surface area contributed by atoms with E-state index in [0.29, 0.717) is 6.61 Å². The van der Waals surface area contributed by atoms with Crippen LogP contribution in [0, 0.1) is 0 Å². The molecule has 0 saturated carbocycles. The third-order valence-electron chi connectivity index (χ3n) is 4.24. The molecule has 0 spiro atoms. The van der Waals surface area contributed by atoms with Gasteiger partial charge >= 0.3 is 0 Å². The van der Waals surface area contributed by atoms with Gasteiger partial charge in [-0.15, -0.1) is 11.8 Å². The molecule has 25 heavy (non-hydrogen) atoms. The average Bonchev–Trinajstić information content (AvgIpc) is 3.15. The summed E-state index contributed by atoms with van der Waals surface area (Å²) in [5.41, 5.74) is 3.19. The fourth-order valence-corrected chi connectivity index (χ4v) is 4.02. The van der Waals surface area contributed by atoms with E-state index in [2.05, 4.69) is 34.1 Å². The van der Waals surface area contributed by atoms with E-state index < -0.39 is 0 Å². The number of hydrogen-bond acceptors (Lipinski definition) is 6. The molecular formula is C18H20N4O2S. The minimum Gasteiger partial charge on any atom is -0.494 e. The van der Waals surface area contributed by atoms with E-state index in [1.165, 1.54) is 5.56 Å². The molecule has 130 valence electrons. The van der Waals surface area contributed by atoms with Crippen molar-refractivity contribution < 1.29 is 9.47 Å². The summed E-state index contributed by atoms with van der Waals surface area (Å²) in [5, 5.41) is 6.17. The van der Waals surface area contributed by atoms with Crippen molar-refractivity contribution in [3.8, 4) is 11.5 Å². The van der Waals surface area contributed by atoms with Crippen LogP contribution in [0.3, 0.4) is 0 Å². The molecule has 0 N–H and O–H groups in total. The molecule has 1 atom stereocenters. The molecule has 1 aromatic carbocycles. The van der Waals surface area contributed by atoms with Gasteiger partial charge in [-0.1, -0.05) is 0 Å². The molecule has 2 aromatic heterocycles. The SMILES string of the molecule is CCOc1cc2c(cc1CSc1ncnc3c1cnn3C)OC(C)C2. The Hall–Kier alpha value is -2.28. The Morgan fingerprint density at radius 1 is 1.36 bits per heavy atom. The summed E-state index contributed by atoms with van der Waals surface area (Å²) in [6.07, 6.45) is 4.56. The van der Waals surface area contributed by atoms with Crippen LogP contribution >= 0.6 is 11.8 Å². The Kier molecular flexibility index (Phi) is 4.25. The molecule has 0 amide bonds. The highest BCUT2D eigenvalue weighted by Gasteiger charge is 2.22. The topological polar surface area (TPSA) is 62.1 Å². The highest BCUT2D eigenvalue weighted by Crippen LogP contribution is 2.38. The van der Waals surface area contributed by atoms with Gasteiger partial charge in [-0.3, -0.25) is 4.68 Å². The summed E-state index contributed by atoms with van der Waals surface area (Å²) in [6, 6.07) is 4.23. The number of nitrogens with zero attached hydrogens (tertiary/aromatic N) is 4. The fourth-order valence-electron chi connectivity index (χ4n) is 3.09. The first-order chi connectivity index (χ1) is 12.2. The summed E-state index contributed by atoms with van der Waals surface area (Å²) in [7, 11) is 1.88. The van der Waals surface area contributed by atoms with Crippen LogP contribution in [-0.4, -0.2) is 32.5 Å². The lowest BCUT2D eigenvalue weighted by Gasteiger charge is -2.12. The standard InChI is InChI=1S/C18H20N4O2S/c1-4-23-15-6-12-5-11(2)24-16(12)7-13(15)9-25-18-14-8-21-22(3)17(14)19-10-20-18/h6-8,10-11H,4-5,9H2,1-3H3. The largest absolute Gasteiger partial charge is 0.494 e. The minimum absolute atomic E-state index is 0.226. The van der Waals surface area contributed by atoms with Gasteiger partial charge in [0, 0.05) is 30.3 Å².